The summed E-state index contributed by atoms with van der Waals surface area (Å²) in [6.07, 6.45) is 3.41. The van der Waals surface area contributed by atoms with Crippen LogP contribution in [-0.2, 0) is 5.41 Å². The Kier molecular flexibility index (Phi) is 3.95. The summed E-state index contributed by atoms with van der Waals surface area (Å²) >= 11 is 6.25. The summed E-state index contributed by atoms with van der Waals surface area (Å²) in [5, 5.41) is 0.475. The van der Waals surface area contributed by atoms with Gasteiger partial charge in [0.2, 0.25) is 0 Å². The molecule has 4 nitrogen and oxygen atoms in total. The Hall–Kier alpha value is -1.68. The third-order valence-electron chi connectivity index (χ3n) is 2.98. The number of halogens is 1. The van der Waals surface area contributed by atoms with Crippen LogP contribution < -0.4 is 4.74 Å². The first-order valence-corrected chi connectivity index (χ1v) is 6.74. The second-order valence-corrected chi connectivity index (χ2v) is 6.03. The average molecular weight is 292 g/mol. The van der Waals surface area contributed by atoms with E-state index in [1.807, 2.05) is 13.0 Å². The van der Waals surface area contributed by atoms with Crippen LogP contribution in [0.1, 0.15) is 32.2 Å². The van der Waals surface area contributed by atoms with Crippen molar-refractivity contribution in [2.24, 2.45) is 0 Å². The van der Waals surface area contributed by atoms with Gasteiger partial charge in [0, 0.05) is 22.7 Å². The smallest absolute Gasteiger partial charge is 0.137 e. The molecule has 106 valence electrons. The van der Waals surface area contributed by atoms with Crippen LogP contribution in [0.4, 0.5) is 0 Å². The first-order chi connectivity index (χ1) is 9.32. The lowest BCUT2D eigenvalue weighted by atomic mass is 9.95. The van der Waals surface area contributed by atoms with E-state index in [9.17, 15) is 0 Å². The summed E-state index contributed by atoms with van der Waals surface area (Å²) in [6.45, 7) is 8.08. The second kappa shape index (κ2) is 5.37. The summed E-state index contributed by atoms with van der Waals surface area (Å²) in [6, 6.07) is 1.89. The topological polar surface area (TPSA) is 47.9 Å². The van der Waals surface area contributed by atoms with Gasteiger partial charge in [-0.15, -0.1) is 0 Å². The van der Waals surface area contributed by atoms with E-state index in [4.69, 9.17) is 16.3 Å². The van der Waals surface area contributed by atoms with Crippen LogP contribution in [-0.4, -0.2) is 22.1 Å². The molecule has 0 spiro atoms. The van der Waals surface area contributed by atoms with Gasteiger partial charge in [0.1, 0.15) is 16.7 Å². The lowest BCUT2D eigenvalue weighted by Gasteiger charge is -2.19. The predicted octanol–water partition coefficient (Wildman–Crippen LogP) is 3.81. The van der Waals surface area contributed by atoms with Crippen molar-refractivity contribution in [1.82, 2.24) is 15.0 Å². The van der Waals surface area contributed by atoms with E-state index >= 15 is 0 Å². The lowest BCUT2D eigenvalue weighted by Crippen LogP contribution is -2.17. The van der Waals surface area contributed by atoms with Crippen molar-refractivity contribution in [3.8, 4) is 17.0 Å². The second-order valence-electron chi connectivity index (χ2n) is 5.68. The highest BCUT2D eigenvalue weighted by Crippen LogP contribution is 2.30. The van der Waals surface area contributed by atoms with Crippen LogP contribution >= 0.6 is 11.6 Å². The maximum absolute atomic E-state index is 6.25. The minimum Gasteiger partial charge on any atom is -0.495 e. The molecule has 0 aromatic carbocycles. The van der Waals surface area contributed by atoms with E-state index in [1.165, 1.54) is 0 Å². The Morgan fingerprint density at radius 3 is 2.45 bits per heavy atom. The fourth-order valence-electron chi connectivity index (χ4n) is 1.77. The average Bonchev–Trinajstić information content (AvgIpc) is 2.40. The molecule has 0 unspecified atom stereocenters. The van der Waals surface area contributed by atoms with Gasteiger partial charge in [-0.2, -0.15) is 0 Å². The highest BCUT2D eigenvalue weighted by molar-refractivity contribution is 6.30. The van der Waals surface area contributed by atoms with Crippen LogP contribution in [0.5, 0.6) is 5.75 Å². The van der Waals surface area contributed by atoms with Gasteiger partial charge >= 0.3 is 0 Å². The van der Waals surface area contributed by atoms with Crippen molar-refractivity contribution >= 4 is 11.6 Å². The van der Waals surface area contributed by atoms with Gasteiger partial charge in [-0.25, -0.2) is 9.97 Å². The molecule has 0 bridgehead atoms. The number of aromatic nitrogens is 3. The zero-order valence-corrected chi connectivity index (χ0v) is 13.1. The molecule has 0 saturated carbocycles. The van der Waals surface area contributed by atoms with Crippen LogP contribution in [0.25, 0.3) is 11.3 Å². The van der Waals surface area contributed by atoms with E-state index in [0.717, 1.165) is 16.8 Å². The Morgan fingerprint density at radius 2 is 1.85 bits per heavy atom. The number of pyridine rings is 1. The Morgan fingerprint density at radius 1 is 1.15 bits per heavy atom. The van der Waals surface area contributed by atoms with Gasteiger partial charge in [-0.1, -0.05) is 32.4 Å². The SMILES string of the molecule is COc1cncc(-c2nc(C(C)(C)C)nc(Cl)c2C)c1. The van der Waals surface area contributed by atoms with Crippen molar-refractivity contribution in [1.29, 1.82) is 0 Å². The molecule has 2 heterocycles. The molecule has 2 aromatic rings. The summed E-state index contributed by atoms with van der Waals surface area (Å²) in [5.74, 6) is 1.40. The molecule has 0 radical (unpaired) electrons. The Balaban J connectivity index is 2.63. The van der Waals surface area contributed by atoms with Crippen molar-refractivity contribution in [2.75, 3.05) is 7.11 Å². The Labute approximate surface area is 124 Å². The van der Waals surface area contributed by atoms with E-state index in [1.54, 1.807) is 19.5 Å². The molecular formula is C15H18ClN3O. The van der Waals surface area contributed by atoms with Crippen LogP contribution in [0.2, 0.25) is 5.15 Å². The summed E-state index contributed by atoms with van der Waals surface area (Å²) in [4.78, 5) is 13.2. The minimum atomic E-state index is -0.168. The maximum Gasteiger partial charge on any atom is 0.137 e. The van der Waals surface area contributed by atoms with Crippen LogP contribution in [0.3, 0.4) is 0 Å². The molecule has 0 amide bonds. The van der Waals surface area contributed by atoms with Gasteiger partial charge in [0.15, 0.2) is 0 Å². The maximum atomic E-state index is 6.25. The molecule has 5 heteroatoms. The lowest BCUT2D eigenvalue weighted by molar-refractivity contribution is 0.413. The highest BCUT2D eigenvalue weighted by atomic mass is 35.5. The standard InChI is InChI=1S/C15H18ClN3O/c1-9-12(10-6-11(20-5)8-17-7-10)18-14(15(2,3)4)19-13(9)16/h6-8H,1-5H3. The van der Waals surface area contributed by atoms with Gasteiger partial charge < -0.3 is 4.74 Å². The number of methoxy groups -OCH3 is 1. The van der Waals surface area contributed by atoms with E-state index in [0.29, 0.717) is 16.7 Å². The molecule has 20 heavy (non-hydrogen) atoms. The van der Waals surface area contributed by atoms with Crippen LogP contribution in [0, 0.1) is 6.92 Å². The molecule has 0 N–H and O–H groups in total. The molecule has 0 atom stereocenters. The molecule has 0 aliphatic carbocycles. The number of ether oxygens (including phenoxy) is 1. The molecule has 2 aromatic heterocycles. The minimum absolute atomic E-state index is 0.168. The highest BCUT2D eigenvalue weighted by Gasteiger charge is 2.21. The molecule has 0 aliphatic rings. The first-order valence-electron chi connectivity index (χ1n) is 6.37. The van der Waals surface area contributed by atoms with Gasteiger partial charge in [0.05, 0.1) is 19.0 Å². The molecule has 2 rings (SSSR count). The quantitative estimate of drug-likeness (QED) is 0.790. The summed E-state index contributed by atoms with van der Waals surface area (Å²) < 4.78 is 5.21. The monoisotopic (exact) mass is 291 g/mol. The van der Waals surface area contributed by atoms with Crippen molar-refractivity contribution in [3.05, 3.63) is 35.0 Å². The number of hydrogen-bond acceptors (Lipinski definition) is 4. The molecule has 0 aliphatic heterocycles. The summed E-state index contributed by atoms with van der Waals surface area (Å²) in [7, 11) is 1.61. The van der Waals surface area contributed by atoms with Crippen LogP contribution in [0.15, 0.2) is 18.5 Å². The fraction of sp³-hybridized carbons (Fsp3) is 0.400. The third-order valence-corrected chi connectivity index (χ3v) is 3.35. The van der Waals surface area contributed by atoms with Crippen molar-refractivity contribution in [3.63, 3.8) is 0 Å². The molecular weight excluding hydrogens is 274 g/mol. The summed E-state index contributed by atoms with van der Waals surface area (Å²) in [5.41, 5.74) is 2.34. The zero-order valence-electron chi connectivity index (χ0n) is 12.4. The first kappa shape index (κ1) is 14.7. The Bertz CT molecular complexity index is 636. The number of nitrogens with zero attached hydrogens (tertiary/aromatic N) is 3. The zero-order chi connectivity index (χ0) is 14.9. The van der Waals surface area contributed by atoms with Gasteiger partial charge in [0.25, 0.3) is 0 Å². The number of hydrogen-bond donors (Lipinski definition) is 0. The van der Waals surface area contributed by atoms with Crippen molar-refractivity contribution < 1.29 is 4.74 Å². The normalized spacial score (nSPS) is 11.5. The third kappa shape index (κ3) is 2.90. The van der Waals surface area contributed by atoms with E-state index in [2.05, 4.69) is 35.7 Å². The van der Waals surface area contributed by atoms with Gasteiger partial charge in [-0.3, -0.25) is 4.98 Å². The van der Waals surface area contributed by atoms with Crippen molar-refractivity contribution in [2.45, 2.75) is 33.1 Å². The largest absolute Gasteiger partial charge is 0.495 e. The fourth-order valence-corrected chi connectivity index (χ4v) is 1.94. The molecule has 0 fully saturated rings. The van der Waals surface area contributed by atoms with E-state index in [-0.39, 0.29) is 5.41 Å². The number of rotatable bonds is 2. The predicted molar refractivity (Wildman–Crippen MR) is 80.3 cm³/mol. The molecule has 0 saturated heterocycles. The van der Waals surface area contributed by atoms with Gasteiger partial charge in [-0.05, 0) is 13.0 Å². The van der Waals surface area contributed by atoms with E-state index < -0.39 is 0 Å².